The molecule has 1 aliphatic carbocycles. The van der Waals surface area contributed by atoms with Gasteiger partial charge in [0.15, 0.2) is 0 Å². The first-order valence-corrected chi connectivity index (χ1v) is 9.43. The number of piperidine rings is 1. The highest BCUT2D eigenvalue weighted by Gasteiger charge is 2.42. The summed E-state index contributed by atoms with van der Waals surface area (Å²) in [6.07, 6.45) is 3.44. The van der Waals surface area contributed by atoms with Crippen LogP contribution in [0, 0.1) is 11.8 Å². The molecule has 1 aliphatic heterocycles. The first-order valence-electron chi connectivity index (χ1n) is 7.82. The Hall–Kier alpha value is -0.370. The molecule has 1 saturated carbocycles. The van der Waals surface area contributed by atoms with E-state index in [0.29, 0.717) is 38.4 Å². The fraction of sp³-hybridized carbons (Fsp3) is 0.929. The van der Waals surface area contributed by atoms with E-state index in [0.717, 1.165) is 12.8 Å². The van der Waals surface area contributed by atoms with Crippen molar-refractivity contribution < 1.29 is 13.2 Å². The zero-order valence-electron chi connectivity index (χ0n) is 13.4. The molecule has 22 heavy (non-hydrogen) atoms. The Kier molecular flexibility index (Phi) is 6.68. The van der Waals surface area contributed by atoms with Crippen molar-refractivity contribution in [3.63, 3.8) is 0 Å². The summed E-state index contributed by atoms with van der Waals surface area (Å²) in [6.45, 7) is 5.00. The first-order chi connectivity index (χ1) is 9.82. The van der Waals surface area contributed by atoms with Crippen LogP contribution in [0.25, 0.3) is 0 Å². The number of nitrogens with two attached hydrogens (primary N) is 1. The van der Waals surface area contributed by atoms with E-state index in [2.05, 4.69) is 5.32 Å². The van der Waals surface area contributed by atoms with E-state index in [9.17, 15) is 13.2 Å². The standard InChI is InChI=1S/C14H27N3O3S.ClH/c1-3-21(19,20)17-8-6-11(7-9-17)13(18)16-14(2,10-15)12-4-5-12;/h11-12H,3-10,15H2,1-2H3,(H,16,18);1H. The van der Waals surface area contributed by atoms with Crippen molar-refractivity contribution in [3.05, 3.63) is 0 Å². The molecule has 0 aromatic heterocycles. The quantitative estimate of drug-likeness (QED) is 0.735. The minimum atomic E-state index is -3.13. The van der Waals surface area contributed by atoms with Gasteiger partial charge in [-0.1, -0.05) is 0 Å². The highest BCUT2D eigenvalue weighted by Crippen LogP contribution is 2.39. The molecule has 1 heterocycles. The van der Waals surface area contributed by atoms with E-state index in [1.807, 2.05) is 6.92 Å². The smallest absolute Gasteiger partial charge is 0.223 e. The third-order valence-corrected chi connectivity index (χ3v) is 6.78. The Labute approximate surface area is 139 Å². The summed E-state index contributed by atoms with van der Waals surface area (Å²) in [7, 11) is -3.13. The van der Waals surface area contributed by atoms with Gasteiger partial charge in [0.25, 0.3) is 0 Å². The molecule has 6 nitrogen and oxygen atoms in total. The molecule has 1 atom stereocenters. The van der Waals surface area contributed by atoms with Crippen molar-refractivity contribution in [2.24, 2.45) is 17.6 Å². The molecule has 8 heteroatoms. The molecular weight excluding hydrogens is 326 g/mol. The zero-order valence-corrected chi connectivity index (χ0v) is 15.0. The maximum Gasteiger partial charge on any atom is 0.223 e. The van der Waals surface area contributed by atoms with E-state index in [1.54, 1.807) is 6.92 Å². The van der Waals surface area contributed by atoms with Gasteiger partial charge in [-0.3, -0.25) is 4.79 Å². The number of hydrogen-bond acceptors (Lipinski definition) is 4. The topological polar surface area (TPSA) is 92.5 Å². The predicted octanol–water partition coefficient (Wildman–Crippen LogP) is 0.714. The van der Waals surface area contributed by atoms with Gasteiger partial charge in [-0.25, -0.2) is 12.7 Å². The number of sulfonamides is 1. The third-order valence-electron chi connectivity index (χ3n) is 4.89. The molecule has 130 valence electrons. The third kappa shape index (κ3) is 4.34. The number of carbonyl (C=O) groups is 1. The summed E-state index contributed by atoms with van der Waals surface area (Å²) in [4.78, 5) is 12.4. The van der Waals surface area contributed by atoms with Gasteiger partial charge in [0.2, 0.25) is 15.9 Å². The fourth-order valence-corrected chi connectivity index (χ4v) is 4.13. The van der Waals surface area contributed by atoms with Crippen LogP contribution in [0.5, 0.6) is 0 Å². The zero-order chi connectivity index (χ0) is 15.7. The number of carbonyl (C=O) groups excluding carboxylic acids is 1. The SMILES string of the molecule is CCS(=O)(=O)N1CCC(C(=O)NC(C)(CN)C2CC2)CC1.Cl. The van der Waals surface area contributed by atoms with Gasteiger partial charge in [-0.05, 0) is 45.4 Å². The minimum Gasteiger partial charge on any atom is -0.349 e. The van der Waals surface area contributed by atoms with Crippen LogP contribution in [0.1, 0.15) is 39.5 Å². The van der Waals surface area contributed by atoms with Crippen LogP contribution in [0.15, 0.2) is 0 Å². The highest BCUT2D eigenvalue weighted by molar-refractivity contribution is 7.89. The van der Waals surface area contributed by atoms with Crippen LogP contribution >= 0.6 is 12.4 Å². The Morgan fingerprint density at radius 2 is 1.82 bits per heavy atom. The van der Waals surface area contributed by atoms with Gasteiger partial charge in [-0.15, -0.1) is 12.4 Å². The van der Waals surface area contributed by atoms with Gasteiger partial charge in [-0.2, -0.15) is 0 Å². The lowest BCUT2D eigenvalue weighted by molar-refractivity contribution is -0.128. The lowest BCUT2D eigenvalue weighted by Crippen LogP contribution is -2.55. The van der Waals surface area contributed by atoms with E-state index < -0.39 is 10.0 Å². The minimum absolute atomic E-state index is 0. The Morgan fingerprint density at radius 1 is 1.27 bits per heavy atom. The second-order valence-corrected chi connectivity index (χ2v) is 8.72. The van der Waals surface area contributed by atoms with Crippen molar-refractivity contribution in [2.45, 2.75) is 45.1 Å². The number of nitrogens with one attached hydrogen (secondary N) is 1. The van der Waals surface area contributed by atoms with E-state index in [1.165, 1.54) is 4.31 Å². The van der Waals surface area contributed by atoms with Gasteiger partial charge in [0.05, 0.1) is 11.3 Å². The van der Waals surface area contributed by atoms with Crippen LogP contribution in [-0.4, -0.2) is 49.6 Å². The van der Waals surface area contributed by atoms with Crippen LogP contribution in [0.4, 0.5) is 0 Å². The number of halogens is 1. The molecule has 0 spiro atoms. The normalized spacial score (nSPS) is 23.4. The molecule has 0 bridgehead atoms. The van der Waals surface area contributed by atoms with E-state index in [-0.39, 0.29) is 35.5 Å². The van der Waals surface area contributed by atoms with E-state index >= 15 is 0 Å². The van der Waals surface area contributed by atoms with Crippen LogP contribution < -0.4 is 11.1 Å². The number of amides is 1. The van der Waals surface area contributed by atoms with Crippen LogP contribution in [0.3, 0.4) is 0 Å². The molecule has 0 aromatic rings. The molecule has 1 amide bonds. The van der Waals surface area contributed by atoms with Gasteiger partial charge in [0, 0.05) is 25.6 Å². The first kappa shape index (κ1) is 19.7. The van der Waals surface area contributed by atoms with E-state index in [4.69, 9.17) is 5.73 Å². The van der Waals surface area contributed by atoms with Crippen LogP contribution in [0.2, 0.25) is 0 Å². The monoisotopic (exact) mass is 353 g/mol. The summed E-state index contributed by atoms with van der Waals surface area (Å²) in [6, 6.07) is 0. The second kappa shape index (κ2) is 7.47. The lowest BCUT2D eigenvalue weighted by atomic mass is 9.92. The summed E-state index contributed by atoms with van der Waals surface area (Å²) in [5.41, 5.74) is 5.52. The highest BCUT2D eigenvalue weighted by atomic mass is 35.5. The number of rotatable bonds is 6. The van der Waals surface area contributed by atoms with Gasteiger partial charge < -0.3 is 11.1 Å². The molecule has 2 rings (SSSR count). The number of nitrogens with zero attached hydrogens (tertiary/aromatic N) is 1. The molecule has 0 aromatic carbocycles. The maximum absolute atomic E-state index is 12.4. The van der Waals surface area contributed by atoms with Crippen molar-refractivity contribution in [1.29, 1.82) is 0 Å². The van der Waals surface area contributed by atoms with Crippen LogP contribution in [-0.2, 0) is 14.8 Å². The summed E-state index contributed by atoms with van der Waals surface area (Å²) in [5, 5.41) is 3.11. The largest absolute Gasteiger partial charge is 0.349 e. The molecular formula is C14H28ClN3O3S. The molecule has 1 unspecified atom stereocenters. The number of hydrogen-bond donors (Lipinski definition) is 2. The van der Waals surface area contributed by atoms with Crippen molar-refractivity contribution in [2.75, 3.05) is 25.4 Å². The summed E-state index contributed by atoms with van der Waals surface area (Å²) < 4.78 is 25.1. The van der Waals surface area contributed by atoms with Gasteiger partial charge >= 0.3 is 0 Å². The maximum atomic E-state index is 12.4. The Bertz CT molecular complexity index is 488. The predicted molar refractivity (Wildman–Crippen MR) is 89.3 cm³/mol. The molecule has 3 N–H and O–H groups in total. The lowest BCUT2D eigenvalue weighted by Gasteiger charge is -2.34. The Balaban J connectivity index is 0.00000242. The molecule has 1 saturated heterocycles. The summed E-state index contributed by atoms with van der Waals surface area (Å²) in [5.74, 6) is 0.546. The second-order valence-electron chi connectivity index (χ2n) is 6.46. The fourth-order valence-electron chi connectivity index (χ4n) is 3.00. The van der Waals surface area contributed by atoms with Crippen molar-refractivity contribution in [1.82, 2.24) is 9.62 Å². The van der Waals surface area contributed by atoms with Crippen molar-refractivity contribution >= 4 is 28.3 Å². The molecule has 2 fully saturated rings. The average molecular weight is 354 g/mol. The Morgan fingerprint density at radius 3 is 2.23 bits per heavy atom. The molecule has 0 radical (unpaired) electrons. The van der Waals surface area contributed by atoms with Gasteiger partial charge in [0.1, 0.15) is 0 Å². The summed E-state index contributed by atoms with van der Waals surface area (Å²) >= 11 is 0. The van der Waals surface area contributed by atoms with Crippen molar-refractivity contribution in [3.8, 4) is 0 Å². The molecule has 2 aliphatic rings. The average Bonchev–Trinajstić information content (AvgIpc) is 3.32.